The fourth-order valence-corrected chi connectivity index (χ4v) is 1.06. The number of rotatable bonds is 5. The zero-order valence-electron chi connectivity index (χ0n) is 8.90. The van der Waals surface area contributed by atoms with E-state index in [0.29, 0.717) is 12.4 Å². The van der Waals surface area contributed by atoms with Gasteiger partial charge in [-0.15, -0.1) is 0 Å². The van der Waals surface area contributed by atoms with Gasteiger partial charge in [0.05, 0.1) is 0 Å². The van der Waals surface area contributed by atoms with Gasteiger partial charge in [0.15, 0.2) is 0 Å². The summed E-state index contributed by atoms with van der Waals surface area (Å²) < 4.78 is 5.29. The van der Waals surface area contributed by atoms with E-state index >= 15 is 0 Å². The third-order valence-electron chi connectivity index (χ3n) is 1.78. The largest absolute Gasteiger partial charge is 0.489 e. The average Bonchev–Trinajstić information content (AvgIpc) is 2.25. The van der Waals surface area contributed by atoms with E-state index in [2.05, 4.69) is 6.58 Å². The van der Waals surface area contributed by atoms with Gasteiger partial charge in [-0.3, -0.25) is 4.79 Å². The predicted molar refractivity (Wildman–Crippen MR) is 58.7 cm³/mol. The summed E-state index contributed by atoms with van der Waals surface area (Å²) in [6.45, 7) is 5.82. The fraction of sp³-hybridized carbons (Fsp3) is 0.167. The van der Waals surface area contributed by atoms with Crippen LogP contribution in [0.5, 0.6) is 5.75 Å². The summed E-state index contributed by atoms with van der Waals surface area (Å²) in [6.07, 6.45) is 0. The first-order chi connectivity index (χ1) is 7.50. The van der Waals surface area contributed by atoms with Crippen LogP contribution in [-0.4, -0.2) is 23.5 Å². The van der Waals surface area contributed by atoms with Gasteiger partial charge in [-0.1, -0.05) is 18.7 Å². The summed E-state index contributed by atoms with van der Waals surface area (Å²) in [7, 11) is 0. The van der Waals surface area contributed by atoms with Crippen LogP contribution in [-0.2, 0) is 4.79 Å². The van der Waals surface area contributed by atoms with Crippen LogP contribution in [0.4, 0.5) is 0 Å². The molecule has 0 radical (unpaired) electrons. The van der Waals surface area contributed by atoms with Crippen LogP contribution in [0.15, 0.2) is 36.4 Å². The van der Waals surface area contributed by atoms with E-state index in [1.165, 1.54) is 12.1 Å². The van der Waals surface area contributed by atoms with Crippen molar-refractivity contribution in [3.63, 3.8) is 0 Å². The van der Waals surface area contributed by atoms with Crippen molar-refractivity contribution < 1.29 is 19.4 Å². The van der Waals surface area contributed by atoms with E-state index in [0.717, 1.165) is 5.57 Å². The molecule has 0 unspecified atom stereocenters. The smallest absolute Gasteiger partial charge is 0.377 e. The van der Waals surface area contributed by atoms with Crippen LogP contribution in [0, 0.1) is 0 Å². The zero-order valence-corrected chi connectivity index (χ0v) is 8.90. The van der Waals surface area contributed by atoms with Gasteiger partial charge < -0.3 is 9.84 Å². The second kappa shape index (κ2) is 5.11. The van der Waals surface area contributed by atoms with E-state index in [9.17, 15) is 9.59 Å². The Morgan fingerprint density at radius 1 is 1.44 bits per heavy atom. The molecule has 0 amide bonds. The number of carbonyl (C=O) groups excluding carboxylic acids is 1. The first-order valence-corrected chi connectivity index (χ1v) is 4.65. The molecule has 4 heteroatoms. The van der Waals surface area contributed by atoms with E-state index in [1.54, 1.807) is 12.1 Å². The number of hydrogen-bond donors (Lipinski definition) is 1. The minimum absolute atomic E-state index is 0.103. The highest BCUT2D eigenvalue weighted by Gasteiger charge is 2.14. The SMILES string of the molecule is C=C(C)COc1cccc(C(=O)C(=O)O)c1. The number of carbonyl (C=O) groups is 2. The lowest BCUT2D eigenvalue weighted by Crippen LogP contribution is -2.12. The van der Waals surface area contributed by atoms with Crippen molar-refractivity contribution in [3.8, 4) is 5.75 Å². The summed E-state index contributed by atoms with van der Waals surface area (Å²) >= 11 is 0. The second-order valence-electron chi connectivity index (χ2n) is 3.41. The van der Waals surface area contributed by atoms with Gasteiger partial charge in [-0.2, -0.15) is 0 Å². The Hall–Kier alpha value is -2.10. The lowest BCUT2D eigenvalue weighted by Gasteiger charge is -2.06. The molecule has 0 aliphatic rings. The Morgan fingerprint density at radius 3 is 2.69 bits per heavy atom. The molecule has 0 aliphatic heterocycles. The van der Waals surface area contributed by atoms with Gasteiger partial charge >= 0.3 is 5.97 Å². The molecular formula is C12H12O4. The number of carboxylic acids is 1. The number of carboxylic acid groups (broad SMARTS) is 1. The highest BCUT2D eigenvalue weighted by molar-refractivity contribution is 6.39. The molecule has 4 nitrogen and oxygen atoms in total. The van der Waals surface area contributed by atoms with Gasteiger partial charge in [-0.25, -0.2) is 4.79 Å². The molecule has 0 spiro atoms. The minimum atomic E-state index is -1.47. The predicted octanol–water partition coefficient (Wildman–Crippen LogP) is 1.91. The fourth-order valence-electron chi connectivity index (χ4n) is 1.06. The molecule has 1 aromatic rings. The van der Waals surface area contributed by atoms with Crippen LogP contribution in [0.1, 0.15) is 17.3 Å². The Labute approximate surface area is 93.2 Å². The topological polar surface area (TPSA) is 63.6 Å². The molecule has 0 bridgehead atoms. The number of aliphatic carboxylic acids is 1. The van der Waals surface area contributed by atoms with E-state index in [4.69, 9.17) is 9.84 Å². The second-order valence-corrected chi connectivity index (χ2v) is 3.41. The summed E-state index contributed by atoms with van der Waals surface area (Å²) in [5, 5.41) is 8.54. The Bertz CT molecular complexity index is 434. The summed E-state index contributed by atoms with van der Waals surface area (Å²) in [5.74, 6) is -1.96. The monoisotopic (exact) mass is 220 g/mol. The maximum Gasteiger partial charge on any atom is 0.377 e. The summed E-state index contributed by atoms with van der Waals surface area (Å²) in [4.78, 5) is 21.6. The molecule has 1 N–H and O–H groups in total. The number of ketones is 1. The molecule has 0 saturated carbocycles. The van der Waals surface area contributed by atoms with Crippen molar-refractivity contribution in [2.45, 2.75) is 6.92 Å². The van der Waals surface area contributed by atoms with Crippen LogP contribution < -0.4 is 4.74 Å². The van der Waals surface area contributed by atoms with Crippen molar-refractivity contribution >= 4 is 11.8 Å². The molecule has 0 aromatic heterocycles. The Kier molecular flexibility index (Phi) is 3.83. The molecule has 0 atom stereocenters. The highest BCUT2D eigenvalue weighted by Crippen LogP contribution is 2.14. The average molecular weight is 220 g/mol. The third kappa shape index (κ3) is 3.24. The lowest BCUT2D eigenvalue weighted by molar-refractivity contribution is -0.131. The third-order valence-corrected chi connectivity index (χ3v) is 1.78. The lowest BCUT2D eigenvalue weighted by atomic mass is 10.1. The number of benzene rings is 1. The maximum atomic E-state index is 11.2. The molecule has 0 heterocycles. The van der Waals surface area contributed by atoms with Gasteiger partial charge in [-0.05, 0) is 24.6 Å². The van der Waals surface area contributed by atoms with E-state index in [1.807, 2.05) is 6.92 Å². The molecule has 1 rings (SSSR count). The summed E-state index contributed by atoms with van der Waals surface area (Å²) in [6, 6.07) is 6.06. The van der Waals surface area contributed by atoms with Gasteiger partial charge in [0.2, 0.25) is 0 Å². The number of ether oxygens (including phenoxy) is 1. The summed E-state index contributed by atoms with van der Waals surface area (Å²) in [5.41, 5.74) is 0.946. The number of hydrogen-bond acceptors (Lipinski definition) is 3. The van der Waals surface area contributed by atoms with E-state index < -0.39 is 11.8 Å². The van der Waals surface area contributed by atoms with Crippen molar-refractivity contribution in [3.05, 3.63) is 42.0 Å². The quantitative estimate of drug-likeness (QED) is 0.467. The van der Waals surface area contributed by atoms with Crippen LogP contribution in [0.3, 0.4) is 0 Å². The molecule has 16 heavy (non-hydrogen) atoms. The molecular weight excluding hydrogens is 208 g/mol. The van der Waals surface area contributed by atoms with Crippen LogP contribution in [0.2, 0.25) is 0 Å². The zero-order chi connectivity index (χ0) is 12.1. The van der Waals surface area contributed by atoms with Gasteiger partial charge in [0.25, 0.3) is 5.78 Å². The molecule has 1 aromatic carbocycles. The van der Waals surface area contributed by atoms with Crippen LogP contribution in [0.25, 0.3) is 0 Å². The van der Waals surface area contributed by atoms with Crippen molar-refractivity contribution in [2.24, 2.45) is 0 Å². The van der Waals surface area contributed by atoms with Crippen molar-refractivity contribution in [1.29, 1.82) is 0 Å². The molecule has 0 aliphatic carbocycles. The van der Waals surface area contributed by atoms with Crippen LogP contribution >= 0.6 is 0 Å². The van der Waals surface area contributed by atoms with Gasteiger partial charge in [0.1, 0.15) is 12.4 Å². The molecule has 0 saturated heterocycles. The van der Waals surface area contributed by atoms with Crippen molar-refractivity contribution in [1.82, 2.24) is 0 Å². The molecule has 0 fully saturated rings. The van der Waals surface area contributed by atoms with E-state index in [-0.39, 0.29) is 5.56 Å². The normalized spacial score (nSPS) is 9.56. The first kappa shape index (κ1) is 12.0. The number of Topliss-reactive ketones (excluding diaryl/α,β-unsaturated/α-hetero) is 1. The van der Waals surface area contributed by atoms with Gasteiger partial charge in [0, 0.05) is 5.56 Å². The van der Waals surface area contributed by atoms with Crippen molar-refractivity contribution in [2.75, 3.05) is 6.61 Å². The Balaban J connectivity index is 2.82. The Morgan fingerprint density at radius 2 is 2.12 bits per heavy atom. The maximum absolute atomic E-state index is 11.2. The minimum Gasteiger partial charge on any atom is -0.489 e. The highest BCUT2D eigenvalue weighted by atomic mass is 16.5. The molecule has 84 valence electrons. The first-order valence-electron chi connectivity index (χ1n) is 4.65. The standard InChI is InChI=1S/C12H12O4/c1-8(2)7-16-10-5-3-4-9(6-10)11(13)12(14)15/h3-6H,1,7H2,2H3,(H,14,15).